The second-order valence-electron chi connectivity index (χ2n) is 7.29. The molecule has 126 valence electrons. The van der Waals surface area contributed by atoms with E-state index in [1.165, 1.54) is 31.2 Å². The average molecular weight is 332 g/mol. The minimum Gasteiger partial charge on any atom is -0.343 e. The molecule has 0 radical (unpaired) electrons. The number of rotatable bonds is 2. The first-order valence-electron chi connectivity index (χ1n) is 8.93. The Morgan fingerprint density at radius 2 is 1.92 bits per heavy atom. The van der Waals surface area contributed by atoms with E-state index in [-0.39, 0.29) is 17.4 Å². The van der Waals surface area contributed by atoms with Crippen LogP contribution in [-0.2, 0) is 0 Å². The standard InChI is InChI=1S/C20H20N4O/c25-19(16-9-8-15-18(23-16)22-13-21-15)24-12-20(10-4-5-11-20)17(24)14-6-2-1-3-7-14/h1-3,6-9,13,17H,4-5,10-12H2,(H,21,22,23)/t17-/m0/s1. The number of H-pyrrole nitrogens is 1. The third-order valence-electron chi connectivity index (χ3n) is 5.85. The highest BCUT2D eigenvalue weighted by molar-refractivity contribution is 5.95. The van der Waals surface area contributed by atoms with Crippen LogP contribution in [0, 0.1) is 5.41 Å². The number of nitrogens with one attached hydrogen (secondary N) is 1. The number of hydrogen-bond donors (Lipinski definition) is 1. The van der Waals surface area contributed by atoms with Gasteiger partial charge < -0.3 is 9.88 Å². The smallest absolute Gasteiger partial charge is 0.273 e. The molecule has 1 aromatic carbocycles. The van der Waals surface area contributed by atoms with Crippen LogP contribution in [0.5, 0.6) is 0 Å². The number of pyridine rings is 1. The number of carbonyl (C=O) groups is 1. The highest BCUT2D eigenvalue weighted by Crippen LogP contribution is 2.58. The van der Waals surface area contributed by atoms with E-state index >= 15 is 0 Å². The lowest BCUT2D eigenvalue weighted by Gasteiger charge is -2.56. The van der Waals surface area contributed by atoms with E-state index < -0.39 is 0 Å². The van der Waals surface area contributed by atoms with Crippen LogP contribution in [-0.4, -0.2) is 32.3 Å². The monoisotopic (exact) mass is 332 g/mol. The summed E-state index contributed by atoms with van der Waals surface area (Å²) in [5.41, 5.74) is 3.43. The molecule has 1 N–H and O–H groups in total. The van der Waals surface area contributed by atoms with Crippen molar-refractivity contribution in [1.82, 2.24) is 19.9 Å². The first-order valence-corrected chi connectivity index (χ1v) is 8.93. The maximum atomic E-state index is 13.1. The van der Waals surface area contributed by atoms with Gasteiger partial charge in [0.15, 0.2) is 5.65 Å². The van der Waals surface area contributed by atoms with Crippen LogP contribution in [0.1, 0.15) is 47.8 Å². The summed E-state index contributed by atoms with van der Waals surface area (Å²) in [5, 5.41) is 0. The first kappa shape index (κ1) is 14.6. The molecule has 5 nitrogen and oxygen atoms in total. The third-order valence-corrected chi connectivity index (χ3v) is 5.85. The van der Waals surface area contributed by atoms with E-state index in [2.05, 4.69) is 39.2 Å². The van der Waals surface area contributed by atoms with E-state index in [1.54, 1.807) is 12.4 Å². The van der Waals surface area contributed by atoms with Crippen LogP contribution in [0.2, 0.25) is 0 Å². The fourth-order valence-corrected chi connectivity index (χ4v) is 4.69. The predicted molar refractivity (Wildman–Crippen MR) is 95.0 cm³/mol. The maximum Gasteiger partial charge on any atom is 0.273 e. The Morgan fingerprint density at radius 1 is 1.12 bits per heavy atom. The van der Waals surface area contributed by atoms with Crippen LogP contribution >= 0.6 is 0 Å². The number of amides is 1. The normalized spacial score (nSPS) is 21.6. The van der Waals surface area contributed by atoms with E-state index in [4.69, 9.17) is 0 Å². The molecule has 0 unspecified atom stereocenters. The fourth-order valence-electron chi connectivity index (χ4n) is 4.69. The molecule has 5 heteroatoms. The number of likely N-dealkylation sites (tertiary alicyclic amines) is 1. The van der Waals surface area contributed by atoms with Crippen molar-refractivity contribution in [3.8, 4) is 0 Å². The molecule has 1 aliphatic carbocycles. The summed E-state index contributed by atoms with van der Waals surface area (Å²) in [6, 6.07) is 14.3. The van der Waals surface area contributed by atoms with Gasteiger partial charge in [-0.05, 0) is 30.5 Å². The van der Waals surface area contributed by atoms with E-state index in [0.717, 1.165) is 12.1 Å². The van der Waals surface area contributed by atoms with Gasteiger partial charge in [0.05, 0.1) is 17.9 Å². The molecule has 1 amide bonds. The summed E-state index contributed by atoms with van der Waals surface area (Å²) in [4.78, 5) is 26.8. The molecule has 2 fully saturated rings. The number of aromatic amines is 1. The summed E-state index contributed by atoms with van der Waals surface area (Å²) in [6.45, 7) is 0.839. The number of fused-ring (bicyclic) bond motifs is 1. The lowest BCUT2D eigenvalue weighted by atomic mass is 9.67. The van der Waals surface area contributed by atoms with Gasteiger partial charge in [0.2, 0.25) is 0 Å². The molecule has 2 aliphatic rings. The Balaban J connectivity index is 1.50. The van der Waals surface area contributed by atoms with Gasteiger partial charge in [-0.2, -0.15) is 0 Å². The largest absolute Gasteiger partial charge is 0.343 e. The van der Waals surface area contributed by atoms with Crippen molar-refractivity contribution in [2.75, 3.05) is 6.54 Å². The zero-order valence-electron chi connectivity index (χ0n) is 14.0. The van der Waals surface area contributed by atoms with Crippen molar-refractivity contribution < 1.29 is 4.79 Å². The number of hydrogen-bond acceptors (Lipinski definition) is 3. The Labute approximate surface area is 146 Å². The number of nitrogens with zero attached hydrogens (tertiary/aromatic N) is 3. The molecule has 3 heterocycles. The van der Waals surface area contributed by atoms with Crippen molar-refractivity contribution in [1.29, 1.82) is 0 Å². The molecule has 1 saturated heterocycles. The summed E-state index contributed by atoms with van der Waals surface area (Å²) >= 11 is 0. The van der Waals surface area contributed by atoms with E-state index in [1.807, 2.05) is 17.0 Å². The topological polar surface area (TPSA) is 61.9 Å². The molecule has 3 aromatic rings. The van der Waals surface area contributed by atoms with Crippen molar-refractivity contribution in [2.24, 2.45) is 5.41 Å². The predicted octanol–water partition coefficient (Wildman–Crippen LogP) is 3.72. The molecular formula is C20H20N4O. The van der Waals surface area contributed by atoms with Crippen LogP contribution in [0.25, 0.3) is 11.2 Å². The van der Waals surface area contributed by atoms with E-state index in [0.29, 0.717) is 11.3 Å². The summed E-state index contributed by atoms with van der Waals surface area (Å²) < 4.78 is 0. The van der Waals surface area contributed by atoms with Gasteiger partial charge in [0.25, 0.3) is 5.91 Å². The zero-order chi connectivity index (χ0) is 16.9. The summed E-state index contributed by atoms with van der Waals surface area (Å²) in [7, 11) is 0. The van der Waals surface area contributed by atoms with Crippen LogP contribution < -0.4 is 0 Å². The second kappa shape index (κ2) is 5.41. The van der Waals surface area contributed by atoms with Crippen molar-refractivity contribution in [2.45, 2.75) is 31.7 Å². The highest BCUT2D eigenvalue weighted by Gasteiger charge is 2.56. The fraction of sp³-hybridized carbons (Fsp3) is 0.350. The summed E-state index contributed by atoms with van der Waals surface area (Å²) in [6.07, 6.45) is 6.56. The Kier molecular flexibility index (Phi) is 3.17. The number of aromatic nitrogens is 3. The number of carbonyl (C=O) groups excluding carboxylic acids is 1. The van der Waals surface area contributed by atoms with Gasteiger partial charge >= 0.3 is 0 Å². The second-order valence-corrected chi connectivity index (χ2v) is 7.29. The SMILES string of the molecule is O=C(c1ccc2[nH]cnc2n1)N1CC2(CCCC2)[C@@H]1c1ccccc1. The van der Waals surface area contributed by atoms with Crippen LogP contribution in [0.15, 0.2) is 48.8 Å². The van der Waals surface area contributed by atoms with Gasteiger partial charge in [0.1, 0.15) is 5.69 Å². The maximum absolute atomic E-state index is 13.1. The molecule has 2 aromatic heterocycles. The number of imidazole rings is 1. The minimum atomic E-state index is 0.0104. The minimum absolute atomic E-state index is 0.0104. The van der Waals surface area contributed by atoms with Gasteiger partial charge in [-0.1, -0.05) is 43.2 Å². The van der Waals surface area contributed by atoms with Gasteiger partial charge in [-0.15, -0.1) is 0 Å². The molecule has 1 aliphatic heterocycles. The molecular weight excluding hydrogens is 312 g/mol. The van der Waals surface area contributed by atoms with E-state index in [9.17, 15) is 4.79 Å². The molecule has 1 saturated carbocycles. The molecule has 5 rings (SSSR count). The molecule has 1 atom stereocenters. The Hall–Kier alpha value is -2.69. The zero-order valence-corrected chi connectivity index (χ0v) is 14.0. The quantitative estimate of drug-likeness (QED) is 0.778. The average Bonchev–Trinajstić information content (AvgIpc) is 3.30. The Bertz CT molecular complexity index is 927. The molecule has 1 spiro atoms. The van der Waals surface area contributed by atoms with Crippen LogP contribution in [0.3, 0.4) is 0 Å². The Morgan fingerprint density at radius 3 is 2.72 bits per heavy atom. The van der Waals surface area contributed by atoms with Crippen molar-refractivity contribution >= 4 is 17.1 Å². The lowest BCUT2D eigenvalue weighted by Crippen LogP contribution is -2.59. The summed E-state index contributed by atoms with van der Waals surface area (Å²) in [5.74, 6) is 0.0104. The van der Waals surface area contributed by atoms with Gasteiger partial charge in [0, 0.05) is 12.0 Å². The van der Waals surface area contributed by atoms with Crippen molar-refractivity contribution in [3.63, 3.8) is 0 Å². The van der Waals surface area contributed by atoms with Crippen molar-refractivity contribution in [3.05, 3.63) is 60.0 Å². The van der Waals surface area contributed by atoms with Gasteiger partial charge in [-0.3, -0.25) is 4.79 Å². The lowest BCUT2D eigenvalue weighted by molar-refractivity contribution is -0.0514. The first-order chi connectivity index (χ1) is 12.3. The number of benzene rings is 1. The van der Waals surface area contributed by atoms with Crippen LogP contribution in [0.4, 0.5) is 0 Å². The highest BCUT2D eigenvalue weighted by atomic mass is 16.2. The van der Waals surface area contributed by atoms with Gasteiger partial charge in [-0.25, -0.2) is 9.97 Å². The molecule has 0 bridgehead atoms. The third kappa shape index (κ3) is 2.18. The molecule has 25 heavy (non-hydrogen) atoms.